The zero-order chi connectivity index (χ0) is 27.6. The highest BCUT2D eigenvalue weighted by atomic mass is 16.6. The summed E-state index contributed by atoms with van der Waals surface area (Å²) in [5.41, 5.74) is 5.83. The molecule has 1 fully saturated rings. The maximum absolute atomic E-state index is 13.1. The highest BCUT2D eigenvalue weighted by Gasteiger charge is 2.31. The average Bonchev–Trinajstić information content (AvgIpc) is 3.58. The number of carbonyl (C=O) groups excluding carboxylic acids is 2. The number of morpholine rings is 1. The lowest BCUT2D eigenvalue weighted by molar-refractivity contribution is -0.0358. The first-order chi connectivity index (χ1) is 19.5. The number of hydrogen-bond acceptors (Lipinski definition) is 9. The molecule has 0 N–H and O–H groups in total. The minimum Gasteiger partial charge on any atom is -0.464 e. The van der Waals surface area contributed by atoms with Gasteiger partial charge in [0.15, 0.2) is 5.69 Å². The van der Waals surface area contributed by atoms with Crippen LogP contribution in [0, 0.1) is 6.92 Å². The van der Waals surface area contributed by atoms with Gasteiger partial charge in [-0.05, 0) is 35.2 Å². The molecule has 0 unspecified atom stereocenters. The van der Waals surface area contributed by atoms with E-state index < -0.39 is 5.97 Å². The maximum atomic E-state index is 13.1. The van der Waals surface area contributed by atoms with Crippen molar-refractivity contribution in [2.45, 2.75) is 25.5 Å². The van der Waals surface area contributed by atoms with E-state index in [0.29, 0.717) is 43.5 Å². The van der Waals surface area contributed by atoms with Gasteiger partial charge in [0.05, 0.1) is 44.8 Å². The molecule has 0 spiro atoms. The number of esters is 1. The van der Waals surface area contributed by atoms with E-state index >= 15 is 0 Å². The molecule has 6 rings (SSSR count). The van der Waals surface area contributed by atoms with Crippen LogP contribution in [0.1, 0.15) is 33.4 Å². The molecule has 0 bridgehead atoms. The predicted octanol–water partition coefficient (Wildman–Crippen LogP) is 3.48. The van der Waals surface area contributed by atoms with E-state index in [-0.39, 0.29) is 30.4 Å². The molecule has 2 aromatic heterocycles. The Bertz CT molecular complexity index is 1520. The number of aryl methyl sites for hydroxylation is 1. The van der Waals surface area contributed by atoms with Crippen molar-refractivity contribution >= 4 is 12.1 Å². The molecular weight excluding hydrogens is 512 g/mol. The van der Waals surface area contributed by atoms with Crippen LogP contribution in [0.3, 0.4) is 0 Å². The first-order valence-corrected chi connectivity index (χ1v) is 13.1. The van der Waals surface area contributed by atoms with E-state index in [1.807, 2.05) is 24.3 Å². The Morgan fingerprint density at radius 3 is 2.48 bits per heavy atom. The van der Waals surface area contributed by atoms with Crippen molar-refractivity contribution in [3.63, 3.8) is 0 Å². The minimum absolute atomic E-state index is 0.00638. The Hall–Kier alpha value is -4.64. The van der Waals surface area contributed by atoms with Gasteiger partial charge < -0.3 is 19.1 Å². The predicted molar refractivity (Wildman–Crippen MR) is 144 cm³/mol. The quantitative estimate of drug-likeness (QED) is 0.338. The third-order valence-electron chi connectivity index (χ3n) is 7.16. The van der Waals surface area contributed by atoms with Gasteiger partial charge in [-0.1, -0.05) is 53.7 Å². The molecule has 2 aromatic carbocycles. The number of carbonyl (C=O) groups is 2. The SMILES string of the molecule is COC(=O)c1cc(-c2cn(C[C@@H]3CN(C(=O)OCC4c5ccccc5-c5ccccc54)CCO3)nn2)nc(C)n1. The molecule has 3 heterocycles. The Balaban J connectivity index is 1.09. The van der Waals surface area contributed by atoms with E-state index in [1.54, 1.807) is 22.7 Å². The largest absolute Gasteiger partial charge is 0.464 e. The second-order valence-corrected chi connectivity index (χ2v) is 9.75. The number of rotatable bonds is 6. The molecule has 4 aromatic rings. The van der Waals surface area contributed by atoms with Crippen molar-refractivity contribution in [1.82, 2.24) is 29.9 Å². The average molecular weight is 541 g/mol. The van der Waals surface area contributed by atoms with Crippen LogP contribution in [0.4, 0.5) is 4.79 Å². The second-order valence-electron chi connectivity index (χ2n) is 9.75. The Labute approximate surface area is 230 Å². The van der Waals surface area contributed by atoms with Crippen molar-refractivity contribution < 1.29 is 23.8 Å². The van der Waals surface area contributed by atoms with Crippen LogP contribution in [-0.4, -0.2) is 81.4 Å². The highest BCUT2D eigenvalue weighted by molar-refractivity contribution is 5.88. The summed E-state index contributed by atoms with van der Waals surface area (Å²) in [6, 6.07) is 18.0. The number of amides is 1. The van der Waals surface area contributed by atoms with Gasteiger partial charge in [-0.2, -0.15) is 0 Å². The van der Waals surface area contributed by atoms with E-state index in [4.69, 9.17) is 14.2 Å². The molecule has 0 saturated carbocycles. The van der Waals surface area contributed by atoms with Crippen LogP contribution in [0.5, 0.6) is 0 Å². The van der Waals surface area contributed by atoms with Gasteiger partial charge in [-0.25, -0.2) is 24.2 Å². The second kappa shape index (κ2) is 10.9. The number of aromatic nitrogens is 5. The smallest absolute Gasteiger partial charge is 0.409 e. The number of fused-ring (bicyclic) bond motifs is 3. The fourth-order valence-electron chi connectivity index (χ4n) is 5.30. The van der Waals surface area contributed by atoms with Gasteiger partial charge >= 0.3 is 12.1 Å². The molecule has 1 saturated heterocycles. The third-order valence-corrected chi connectivity index (χ3v) is 7.16. The lowest BCUT2D eigenvalue weighted by Crippen LogP contribution is -2.47. The lowest BCUT2D eigenvalue weighted by Gasteiger charge is -2.32. The normalized spacial score (nSPS) is 16.4. The molecule has 204 valence electrons. The minimum atomic E-state index is -0.553. The van der Waals surface area contributed by atoms with Gasteiger partial charge in [0, 0.05) is 12.5 Å². The van der Waals surface area contributed by atoms with Gasteiger partial charge in [0.25, 0.3) is 0 Å². The number of hydrogen-bond donors (Lipinski definition) is 0. The summed E-state index contributed by atoms with van der Waals surface area (Å²) in [6.07, 6.45) is 1.07. The molecule has 1 amide bonds. The van der Waals surface area contributed by atoms with Crippen LogP contribution >= 0.6 is 0 Å². The van der Waals surface area contributed by atoms with Gasteiger partial charge in [-0.3, -0.25) is 0 Å². The van der Waals surface area contributed by atoms with Gasteiger partial charge in [0.2, 0.25) is 0 Å². The summed E-state index contributed by atoms with van der Waals surface area (Å²) in [5, 5.41) is 8.38. The van der Waals surface area contributed by atoms with E-state index in [2.05, 4.69) is 44.5 Å². The molecule has 40 heavy (non-hydrogen) atoms. The number of benzene rings is 2. The number of ether oxygens (including phenoxy) is 3. The number of methoxy groups -OCH3 is 1. The van der Waals surface area contributed by atoms with E-state index in [9.17, 15) is 9.59 Å². The van der Waals surface area contributed by atoms with E-state index in [1.165, 1.54) is 35.4 Å². The van der Waals surface area contributed by atoms with Crippen LogP contribution in [0.25, 0.3) is 22.5 Å². The summed E-state index contributed by atoms with van der Waals surface area (Å²) >= 11 is 0. The summed E-state index contributed by atoms with van der Waals surface area (Å²) in [6.45, 7) is 3.55. The van der Waals surface area contributed by atoms with Gasteiger partial charge in [0.1, 0.15) is 18.1 Å². The first-order valence-electron chi connectivity index (χ1n) is 13.1. The summed E-state index contributed by atoms with van der Waals surface area (Å²) < 4.78 is 18.1. The molecule has 11 heteroatoms. The zero-order valence-electron chi connectivity index (χ0n) is 22.2. The van der Waals surface area contributed by atoms with Crippen molar-refractivity contribution in [1.29, 1.82) is 0 Å². The summed E-state index contributed by atoms with van der Waals surface area (Å²) in [5.74, 6) is -0.128. The van der Waals surface area contributed by atoms with Crippen molar-refractivity contribution in [3.05, 3.63) is 83.4 Å². The van der Waals surface area contributed by atoms with Crippen molar-refractivity contribution in [3.8, 4) is 22.5 Å². The number of nitrogens with zero attached hydrogens (tertiary/aromatic N) is 6. The molecule has 2 aliphatic rings. The lowest BCUT2D eigenvalue weighted by atomic mass is 9.98. The Morgan fingerprint density at radius 1 is 1.02 bits per heavy atom. The van der Waals surface area contributed by atoms with Crippen LogP contribution in [0.2, 0.25) is 0 Å². The zero-order valence-corrected chi connectivity index (χ0v) is 22.2. The fourth-order valence-corrected chi connectivity index (χ4v) is 5.30. The van der Waals surface area contributed by atoms with Crippen molar-refractivity contribution in [2.24, 2.45) is 0 Å². The van der Waals surface area contributed by atoms with Crippen LogP contribution in [-0.2, 0) is 20.8 Å². The topological polar surface area (TPSA) is 122 Å². The van der Waals surface area contributed by atoms with Crippen LogP contribution in [0.15, 0.2) is 60.8 Å². The highest BCUT2D eigenvalue weighted by Crippen LogP contribution is 2.44. The van der Waals surface area contributed by atoms with E-state index in [0.717, 1.165) is 0 Å². The molecule has 11 nitrogen and oxygen atoms in total. The standard InChI is InChI=1S/C29H28N6O5/c1-18-30-25(13-26(31-18)28(36)38-2)27-16-35(33-32-27)15-19-14-34(11-12-39-19)29(37)40-17-24-22-9-5-3-7-20(22)21-8-4-6-10-23(21)24/h3-10,13,16,19,24H,11-12,14-15,17H2,1-2H3/t19-/m0/s1. The fraction of sp³-hybridized carbons (Fsp3) is 0.310. The molecule has 1 atom stereocenters. The molecule has 1 aliphatic carbocycles. The monoisotopic (exact) mass is 540 g/mol. The summed E-state index contributed by atoms with van der Waals surface area (Å²) in [7, 11) is 1.30. The van der Waals surface area contributed by atoms with Gasteiger partial charge in [-0.15, -0.1) is 5.10 Å². The summed E-state index contributed by atoms with van der Waals surface area (Å²) in [4.78, 5) is 35.1. The van der Waals surface area contributed by atoms with Crippen LogP contribution < -0.4 is 0 Å². The first kappa shape index (κ1) is 25.6. The molecular formula is C29H28N6O5. The Kier molecular flexibility index (Phi) is 6.95. The Morgan fingerprint density at radius 2 is 1.75 bits per heavy atom. The maximum Gasteiger partial charge on any atom is 0.409 e. The molecule has 0 radical (unpaired) electrons. The molecule has 1 aliphatic heterocycles. The van der Waals surface area contributed by atoms with Crippen molar-refractivity contribution in [2.75, 3.05) is 33.4 Å². The third kappa shape index (κ3) is 5.03.